The van der Waals surface area contributed by atoms with Crippen molar-refractivity contribution in [3.05, 3.63) is 0 Å². The first-order valence-corrected chi connectivity index (χ1v) is 4.55. The van der Waals surface area contributed by atoms with Crippen molar-refractivity contribution >= 4 is 11.8 Å². The van der Waals surface area contributed by atoms with Crippen LogP contribution in [0.4, 0.5) is 0 Å². The SMILES string of the molecule is CC(C)OC(=O)C1CNCCC1=O. The van der Waals surface area contributed by atoms with Crippen molar-refractivity contribution < 1.29 is 14.3 Å². The molecule has 1 unspecified atom stereocenters. The molecule has 0 radical (unpaired) electrons. The van der Waals surface area contributed by atoms with Crippen LogP contribution < -0.4 is 5.32 Å². The van der Waals surface area contributed by atoms with E-state index in [1.165, 1.54) is 0 Å². The van der Waals surface area contributed by atoms with E-state index in [0.717, 1.165) is 0 Å². The molecule has 0 aromatic carbocycles. The molecule has 0 aliphatic carbocycles. The summed E-state index contributed by atoms with van der Waals surface area (Å²) in [6.07, 6.45) is 0.278. The van der Waals surface area contributed by atoms with Crippen LogP contribution in [-0.4, -0.2) is 30.9 Å². The minimum atomic E-state index is -0.587. The maximum Gasteiger partial charge on any atom is 0.318 e. The van der Waals surface area contributed by atoms with Crippen LogP contribution in [0.1, 0.15) is 20.3 Å². The molecule has 1 saturated heterocycles. The van der Waals surface area contributed by atoms with E-state index < -0.39 is 11.9 Å². The lowest BCUT2D eigenvalue weighted by Gasteiger charge is -2.21. The summed E-state index contributed by atoms with van der Waals surface area (Å²) in [7, 11) is 0. The molecular formula is C9H15NO3. The van der Waals surface area contributed by atoms with Gasteiger partial charge in [-0.05, 0) is 13.8 Å². The smallest absolute Gasteiger partial charge is 0.318 e. The molecule has 0 aromatic heterocycles. The largest absolute Gasteiger partial charge is 0.462 e. The predicted octanol–water partition coefficient (Wildman–Crippen LogP) is 0.117. The monoisotopic (exact) mass is 185 g/mol. The number of esters is 1. The van der Waals surface area contributed by atoms with Crippen molar-refractivity contribution in [1.29, 1.82) is 0 Å². The molecule has 1 N–H and O–H groups in total. The maximum absolute atomic E-state index is 11.3. The highest BCUT2D eigenvalue weighted by Crippen LogP contribution is 2.09. The number of rotatable bonds is 2. The Labute approximate surface area is 77.6 Å². The summed E-state index contributed by atoms with van der Waals surface area (Å²) < 4.78 is 4.96. The van der Waals surface area contributed by atoms with Gasteiger partial charge < -0.3 is 10.1 Å². The maximum atomic E-state index is 11.3. The van der Waals surface area contributed by atoms with Gasteiger partial charge in [-0.3, -0.25) is 9.59 Å². The molecule has 4 nitrogen and oxygen atoms in total. The lowest BCUT2D eigenvalue weighted by Crippen LogP contribution is -2.42. The van der Waals surface area contributed by atoms with Gasteiger partial charge in [0.25, 0.3) is 0 Å². The second-order valence-corrected chi connectivity index (χ2v) is 3.46. The zero-order valence-electron chi connectivity index (χ0n) is 8.00. The molecule has 0 saturated carbocycles. The van der Waals surface area contributed by atoms with Crippen molar-refractivity contribution in [3.63, 3.8) is 0 Å². The summed E-state index contributed by atoms with van der Waals surface area (Å²) in [4.78, 5) is 22.6. The highest BCUT2D eigenvalue weighted by Gasteiger charge is 2.30. The number of nitrogens with one attached hydrogen (secondary N) is 1. The van der Waals surface area contributed by atoms with Crippen molar-refractivity contribution in [1.82, 2.24) is 5.32 Å². The number of piperidine rings is 1. The van der Waals surface area contributed by atoms with Crippen LogP contribution in [0.5, 0.6) is 0 Å². The van der Waals surface area contributed by atoms with E-state index in [4.69, 9.17) is 4.74 Å². The van der Waals surface area contributed by atoms with Crippen molar-refractivity contribution in [2.45, 2.75) is 26.4 Å². The first kappa shape index (κ1) is 10.2. The van der Waals surface area contributed by atoms with Gasteiger partial charge in [0.1, 0.15) is 11.7 Å². The van der Waals surface area contributed by atoms with Gasteiger partial charge in [-0.1, -0.05) is 0 Å². The molecule has 13 heavy (non-hydrogen) atoms. The molecule has 0 amide bonds. The molecule has 0 spiro atoms. The minimum Gasteiger partial charge on any atom is -0.462 e. The number of carbonyl (C=O) groups excluding carboxylic acids is 2. The quantitative estimate of drug-likeness (QED) is 0.490. The highest BCUT2D eigenvalue weighted by molar-refractivity contribution is 5.99. The van der Waals surface area contributed by atoms with Gasteiger partial charge in [-0.2, -0.15) is 0 Å². The molecule has 0 aromatic rings. The van der Waals surface area contributed by atoms with E-state index in [1.807, 2.05) is 0 Å². The van der Waals surface area contributed by atoms with Crippen molar-refractivity contribution in [3.8, 4) is 0 Å². The summed E-state index contributed by atoms with van der Waals surface area (Å²) >= 11 is 0. The fraction of sp³-hybridized carbons (Fsp3) is 0.778. The van der Waals surface area contributed by atoms with Crippen LogP contribution in [0.15, 0.2) is 0 Å². The minimum absolute atomic E-state index is 0.00981. The first-order chi connectivity index (χ1) is 6.11. The molecule has 1 aliphatic heterocycles. The van der Waals surface area contributed by atoms with Crippen LogP contribution >= 0.6 is 0 Å². The standard InChI is InChI=1S/C9H15NO3/c1-6(2)13-9(12)7-5-10-4-3-8(7)11/h6-7,10H,3-5H2,1-2H3. The Morgan fingerprint density at radius 3 is 2.85 bits per heavy atom. The van der Waals surface area contributed by atoms with Crippen LogP contribution in [0.25, 0.3) is 0 Å². The molecule has 1 aliphatic rings. The van der Waals surface area contributed by atoms with Gasteiger partial charge in [0.2, 0.25) is 0 Å². The fourth-order valence-corrected chi connectivity index (χ4v) is 1.28. The topological polar surface area (TPSA) is 55.4 Å². The summed E-state index contributed by atoms with van der Waals surface area (Å²) in [5, 5.41) is 3.00. The molecule has 1 fully saturated rings. The van der Waals surface area contributed by atoms with Crippen LogP contribution in [0.2, 0.25) is 0 Å². The second-order valence-electron chi connectivity index (χ2n) is 3.46. The van der Waals surface area contributed by atoms with Crippen molar-refractivity contribution in [2.75, 3.05) is 13.1 Å². The third kappa shape index (κ3) is 2.81. The fourth-order valence-electron chi connectivity index (χ4n) is 1.28. The first-order valence-electron chi connectivity index (χ1n) is 4.55. The number of hydrogen-bond acceptors (Lipinski definition) is 4. The van der Waals surface area contributed by atoms with E-state index >= 15 is 0 Å². The number of Topliss-reactive ketones (excluding diaryl/α,β-unsaturated/α-hetero) is 1. The highest BCUT2D eigenvalue weighted by atomic mass is 16.5. The number of carbonyl (C=O) groups is 2. The molecule has 1 atom stereocenters. The zero-order chi connectivity index (χ0) is 9.84. The molecular weight excluding hydrogens is 170 g/mol. The van der Waals surface area contributed by atoms with Crippen LogP contribution in [0.3, 0.4) is 0 Å². The van der Waals surface area contributed by atoms with Gasteiger partial charge in [-0.15, -0.1) is 0 Å². The van der Waals surface area contributed by atoms with E-state index in [2.05, 4.69) is 5.32 Å². The average molecular weight is 185 g/mol. The van der Waals surface area contributed by atoms with E-state index in [0.29, 0.717) is 19.5 Å². The normalized spacial score (nSPS) is 23.3. The lowest BCUT2D eigenvalue weighted by atomic mass is 9.98. The summed E-state index contributed by atoms with van der Waals surface area (Å²) in [6.45, 7) is 4.64. The lowest BCUT2D eigenvalue weighted by molar-refractivity contribution is -0.155. The molecule has 74 valence electrons. The van der Waals surface area contributed by atoms with Gasteiger partial charge in [-0.25, -0.2) is 0 Å². The summed E-state index contributed by atoms with van der Waals surface area (Å²) in [5.41, 5.74) is 0. The molecule has 4 heteroatoms. The second kappa shape index (κ2) is 4.37. The summed E-state index contributed by atoms with van der Waals surface area (Å²) in [5.74, 6) is -0.993. The number of ether oxygens (including phenoxy) is 1. The average Bonchev–Trinajstić information content (AvgIpc) is 2.03. The van der Waals surface area contributed by atoms with Gasteiger partial charge in [0, 0.05) is 19.5 Å². The predicted molar refractivity (Wildman–Crippen MR) is 47.2 cm³/mol. The Kier molecular flexibility index (Phi) is 3.42. The molecule has 1 rings (SSSR count). The van der Waals surface area contributed by atoms with E-state index in [1.54, 1.807) is 13.8 Å². The van der Waals surface area contributed by atoms with Gasteiger partial charge in [0.15, 0.2) is 0 Å². The van der Waals surface area contributed by atoms with E-state index in [-0.39, 0.29) is 11.9 Å². The number of ketones is 1. The zero-order valence-corrected chi connectivity index (χ0v) is 8.00. The Morgan fingerprint density at radius 2 is 2.31 bits per heavy atom. The van der Waals surface area contributed by atoms with Gasteiger partial charge in [0.05, 0.1) is 6.10 Å². The van der Waals surface area contributed by atoms with Crippen LogP contribution in [0, 0.1) is 5.92 Å². The summed E-state index contributed by atoms with van der Waals surface area (Å²) in [6, 6.07) is 0. The Bertz CT molecular complexity index is 213. The molecule has 0 bridgehead atoms. The third-order valence-corrected chi connectivity index (χ3v) is 1.92. The van der Waals surface area contributed by atoms with E-state index in [9.17, 15) is 9.59 Å². The Morgan fingerprint density at radius 1 is 1.62 bits per heavy atom. The van der Waals surface area contributed by atoms with Gasteiger partial charge >= 0.3 is 5.97 Å². The van der Waals surface area contributed by atoms with Crippen molar-refractivity contribution in [2.24, 2.45) is 5.92 Å². The Hall–Kier alpha value is -0.900. The number of hydrogen-bond donors (Lipinski definition) is 1. The molecule has 1 heterocycles. The Balaban J connectivity index is 2.49. The third-order valence-electron chi connectivity index (χ3n) is 1.92. The van der Waals surface area contributed by atoms with Crippen LogP contribution in [-0.2, 0) is 14.3 Å².